The van der Waals surface area contributed by atoms with Gasteiger partial charge in [-0.3, -0.25) is 14.9 Å². The van der Waals surface area contributed by atoms with Crippen LogP contribution in [0.5, 0.6) is 0 Å². The lowest BCUT2D eigenvalue weighted by Gasteiger charge is -2.28. The van der Waals surface area contributed by atoms with E-state index in [1.807, 2.05) is 4.90 Å². The van der Waals surface area contributed by atoms with Gasteiger partial charge in [-0.15, -0.1) is 0 Å². The molecule has 0 unspecified atom stereocenters. The summed E-state index contributed by atoms with van der Waals surface area (Å²) in [7, 11) is 1.00. The average Bonchev–Trinajstić information content (AvgIpc) is 3.12. The van der Waals surface area contributed by atoms with Gasteiger partial charge in [0, 0.05) is 26.3 Å². The van der Waals surface area contributed by atoms with Crippen LogP contribution in [0.4, 0.5) is 0 Å². The molecule has 0 saturated carbocycles. The molecule has 5 nitrogen and oxygen atoms in total. The fourth-order valence-electron chi connectivity index (χ4n) is 3.65. The number of amides is 2. The maximum absolute atomic E-state index is 11.2. The first-order chi connectivity index (χ1) is 14.2. The van der Waals surface area contributed by atoms with Crippen LogP contribution >= 0.6 is 0 Å². The zero-order valence-corrected chi connectivity index (χ0v) is 16.6. The van der Waals surface area contributed by atoms with Crippen molar-refractivity contribution in [2.45, 2.75) is 19.3 Å². The van der Waals surface area contributed by atoms with Gasteiger partial charge in [-0.2, -0.15) is 0 Å². The van der Waals surface area contributed by atoms with Gasteiger partial charge >= 0.3 is 0 Å². The molecule has 2 aliphatic rings. The summed E-state index contributed by atoms with van der Waals surface area (Å²) in [6.45, 7) is 1.79. The van der Waals surface area contributed by atoms with E-state index in [1.165, 1.54) is 34.0 Å². The number of nitrogens with zero attached hydrogens (tertiary/aromatic N) is 1. The summed E-state index contributed by atoms with van der Waals surface area (Å²) >= 11 is 0. The molecule has 0 bridgehead atoms. The Morgan fingerprint density at radius 3 is 1.59 bits per heavy atom. The standard InChI is InChI=1S/C14H10.C9H12N2O2.CH4O/c1-2-6-12-10-14-8-4-3-7-13(14)9-11(12)5-1;12-8-6-7(9(13)10-8)11-4-2-1-3-5-11;1-2/h1-10H;6H,1-5H2,(H,10,12,13);2H,1H3. The lowest BCUT2D eigenvalue weighted by atomic mass is 10.0. The normalized spacial score (nSPS) is 15.8. The highest BCUT2D eigenvalue weighted by Crippen LogP contribution is 2.22. The highest BCUT2D eigenvalue weighted by molar-refractivity contribution is 6.15. The van der Waals surface area contributed by atoms with E-state index in [0.29, 0.717) is 5.70 Å². The lowest BCUT2D eigenvalue weighted by Crippen LogP contribution is -2.34. The van der Waals surface area contributed by atoms with Crippen molar-refractivity contribution in [3.8, 4) is 0 Å². The zero-order chi connectivity index (χ0) is 20.6. The van der Waals surface area contributed by atoms with Crippen LogP contribution in [0.3, 0.4) is 0 Å². The van der Waals surface area contributed by atoms with E-state index in [2.05, 4.69) is 66.0 Å². The topological polar surface area (TPSA) is 69.6 Å². The molecule has 0 radical (unpaired) electrons. The summed E-state index contributed by atoms with van der Waals surface area (Å²) in [5.74, 6) is -0.530. The molecule has 2 N–H and O–H groups in total. The molecule has 150 valence electrons. The number of nitrogens with one attached hydrogen (secondary N) is 1. The Morgan fingerprint density at radius 1 is 0.759 bits per heavy atom. The van der Waals surface area contributed by atoms with Gasteiger partial charge in [0.2, 0.25) is 0 Å². The number of carbonyl (C=O) groups is 2. The van der Waals surface area contributed by atoms with Crippen LogP contribution in [0.15, 0.2) is 72.4 Å². The fraction of sp³-hybridized carbons (Fsp3) is 0.250. The third-order valence-electron chi connectivity index (χ3n) is 5.05. The number of piperidine rings is 1. The van der Waals surface area contributed by atoms with Gasteiger partial charge in [0.05, 0.1) is 0 Å². The van der Waals surface area contributed by atoms with Gasteiger partial charge in [-0.05, 0) is 52.9 Å². The van der Waals surface area contributed by atoms with Crippen molar-refractivity contribution in [3.63, 3.8) is 0 Å². The number of likely N-dealkylation sites (tertiary alicyclic amines) is 1. The van der Waals surface area contributed by atoms with Crippen LogP contribution in [0.25, 0.3) is 21.5 Å². The molecule has 3 aromatic carbocycles. The SMILES string of the molecule is CO.O=C1C=C(N2CCCCC2)C(=O)N1.c1ccc2cc3ccccc3cc2c1. The van der Waals surface area contributed by atoms with Gasteiger partial charge in [-0.25, -0.2) is 0 Å². The van der Waals surface area contributed by atoms with Crippen LogP contribution in [0.2, 0.25) is 0 Å². The third-order valence-corrected chi connectivity index (χ3v) is 5.05. The minimum absolute atomic E-state index is 0.244. The summed E-state index contributed by atoms with van der Waals surface area (Å²) in [5, 5.41) is 14.5. The summed E-state index contributed by atoms with van der Waals surface area (Å²) < 4.78 is 0. The molecule has 0 atom stereocenters. The highest BCUT2D eigenvalue weighted by Gasteiger charge is 2.26. The molecular formula is C24H26N2O3. The Morgan fingerprint density at radius 2 is 1.21 bits per heavy atom. The second-order valence-corrected chi connectivity index (χ2v) is 6.94. The van der Waals surface area contributed by atoms with Gasteiger partial charge < -0.3 is 10.0 Å². The fourth-order valence-corrected chi connectivity index (χ4v) is 3.65. The first kappa shape index (κ1) is 20.6. The Hall–Kier alpha value is -3.18. The molecule has 5 rings (SSSR count). The molecule has 1 fully saturated rings. The average molecular weight is 390 g/mol. The van der Waals surface area contributed by atoms with Crippen LogP contribution in [-0.4, -0.2) is 42.0 Å². The number of rotatable bonds is 1. The van der Waals surface area contributed by atoms with Gasteiger partial charge in [-0.1, -0.05) is 48.5 Å². The molecule has 29 heavy (non-hydrogen) atoms. The number of aliphatic hydroxyl groups is 1. The van der Waals surface area contributed by atoms with Crippen molar-refractivity contribution >= 4 is 33.4 Å². The molecule has 2 heterocycles. The molecule has 0 spiro atoms. The minimum atomic E-state index is -0.287. The number of fused-ring (bicyclic) bond motifs is 2. The van der Waals surface area contributed by atoms with E-state index in [-0.39, 0.29) is 11.8 Å². The third kappa shape index (κ3) is 5.00. The van der Waals surface area contributed by atoms with Crippen LogP contribution < -0.4 is 5.32 Å². The van der Waals surface area contributed by atoms with Crippen LogP contribution in [0, 0.1) is 0 Å². The van der Waals surface area contributed by atoms with Crippen LogP contribution in [-0.2, 0) is 9.59 Å². The number of aliphatic hydroxyl groups excluding tert-OH is 1. The van der Waals surface area contributed by atoms with Crippen molar-refractivity contribution in [2.75, 3.05) is 20.2 Å². The molecular weight excluding hydrogens is 364 g/mol. The lowest BCUT2D eigenvalue weighted by molar-refractivity contribution is -0.124. The van der Waals surface area contributed by atoms with Gasteiger partial charge in [0.25, 0.3) is 11.8 Å². The predicted molar refractivity (Wildman–Crippen MR) is 116 cm³/mol. The maximum Gasteiger partial charge on any atom is 0.274 e. The van der Waals surface area contributed by atoms with Crippen molar-refractivity contribution in [1.82, 2.24) is 10.2 Å². The second-order valence-electron chi connectivity index (χ2n) is 6.94. The first-order valence-corrected chi connectivity index (χ1v) is 9.85. The highest BCUT2D eigenvalue weighted by atomic mass is 16.2. The number of hydrogen-bond donors (Lipinski definition) is 2. The van der Waals surface area contributed by atoms with E-state index < -0.39 is 0 Å². The number of carbonyl (C=O) groups excluding carboxylic acids is 2. The van der Waals surface area contributed by atoms with E-state index in [1.54, 1.807) is 0 Å². The van der Waals surface area contributed by atoms with Crippen LogP contribution in [0.1, 0.15) is 19.3 Å². The molecule has 1 saturated heterocycles. The van der Waals surface area contributed by atoms with E-state index in [4.69, 9.17) is 5.11 Å². The number of hydrogen-bond acceptors (Lipinski definition) is 4. The summed E-state index contributed by atoms with van der Waals surface area (Å²) in [4.78, 5) is 24.1. The van der Waals surface area contributed by atoms with E-state index in [9.17, 15) is 9.59 Å². The first-order valence-electron chi connectivity index (χ1n) is 9.85. The predicted octanol–water partition coefficient (Wildman–Crippen LogP) is 3.61. The summed E-state index contributed by atoms with van der Waals surface area (Å²) in [6.07, 6.45) is 4.84. The largest absolute Gasteiger partial charge is 0.400 e. The molecule has 3 aromatic rings. The molecule has 5 heteroatoms. The quantitative estimate of drug-likeness (QED) is 0.492. The van der Waals surface area contributed by atoms with Crippen molar-refractivity contribution in [1.29, 1.82) is 0 Å². The Balaban J connectivity index is 0.000000153. The van der Waals surface area contributed by atoms with Crippen molar-refractivity contribution in [2.24, 2.45) is 0 Å². The van der Waals surface area contributed by atoms with E-state index >= 15 is 0 Å². The van der Waals surface area contributed by atoms with E-state index in [0.717, 1.165) is 33.0 Å². The monoisotopic (exact) mass is 390 g/mol. The molecule has 2 amide bonds. The number of imide groups is 1. The minimum Gasteiger partial charge on any atom is -0.400 e. The second kappa shape index (κ2) is 9.85. The Bertz CT molecular complexity index is 931. The molecule has 0 aromatic heterocycles. The maximum atomic E-state index is 11.2. The van der Waals surface area contributed by atoms with Crippen molar-refractivity contribution < 1.29 is 14.7 Å². The Labute approximate surface area is 170 Å². The summed E-state index contributed by atoms with van der Waals surface area (Å²) in [5.41, 5.74) is 0.546. The number of benzene rings is 3. The summed E-state index contributed by atoms with van der Waals surface area (Å²) in [6, 6.07) is 21.4. The zero-order valence-electron chi connectivity index (χ0n) is 16.6. The van der Waals surface area contributed by atoms with Crippen molar-refractivity contribution in [3.05, 3.63) is 72.4 Å². The smallest absolute Gasteiger partial charge is 0.274 e. The van der Waals surface area contributed by atoms with Gasteiger partial charge in [0.15, 0.2) is 0 Å². The molecule has 2 aliphatic heterocycles. The molecule has 0 aliphatic carbocycles. The Kier molecular flexibility index (Phi) is 6.98. The van der Waals surface area contributed by atoms with Gasteiger partial charge in [0.1, 0.15) is 5.70 Å².